The van der Waals surface area contributed by atoms with Gasteiger partial charge in [-0.3, -0.25) is 0 Å². The van der Waals surface area contributed by atoms with E-state index in [1.54, 1.807) is 5.20 Å². The molecule has 0 aromatic heterocycles. The Hall–Kier alpha value is -1.93. The van der Waals surface area contributed by atoms with Crippen LogP contribution >= 0.6 is 0 Å². The smallest absolute Gasteiger partial charge is 0.407 e. The third-order valence-corrected chi connectivity index (χ3v) is 11.4. The van der Waals surface area contributed by atoms with Crippen molar-refractivity contribution in [2.45, 2.75) is 60.1 Å². The molecule has 0 aliphatic heterocycles. The molecule has 38 heavy (non-hydrogen) atoms. The van der Waals surface area contributed by atoms with Crippen molar-refractivity contribution in [2.24, 2.45) is 17.8 Å². The molecule has 0 aromatic rings. The number of rotatable bonds is 11. The Morgan fingerprint density at radius 1 is 0.763 bits per heavy atom. The van der Waals surface area contributed by atoms with Crippen molar-refractivity contribution >= 4 is 28.3 Å². The highest BCUT2D eigenvalue weighted by Gasteiger charge is 2.42. The van der Waals surface area contributed by atoms with Gasteiger partial charge in [0.1, 0.15) is 13.2 Å². The summed E-state index contributed by atoms with van der Waals surface area (Å²) < 4.78 is 9.91. The van der Waals surface area contributed by atoms with Crippen LogP contribution in [0.5, 0.6) is 0 Å². The first-order valence-electron chi connectivity index (χ1n) is 13.3. The molecule has 3 rings (SSSR count). The lowest BCUT2D eigenvalue weighted by Gasteiger charge is -2.13. The van der Waals surface area contributed by atoms with Crippen molar-refractivity contribution in [3.8, 4) is 0 Å². The average Bonchev–Trinajstić information content (AvgIpc) is 3.76. The molecule has 0 spiro atoms. The number of aliphatic hydroxyl groups is 3. The number of amides is 2. The van der Waals surface area contributed by atoms with E-state index in [4.69, 9.17) is 24.8 Å². The van der Waals surface area contributed by atoms with E-state index in [1.165, 1.54) is 21.9 Å². The molecule has 5 N–H and O–H groups in total. The zero-order valence-corrected chi connectivity index (χ0v) is 26.7. The largest absolute Gasteiger partial charge is 0.449 e. The Kier molecular flexibility index (Phi) is 13.5. The second-order valence-corrected chi connectivity index (χ2v) is 22.1. The van der Waals surface area contributed by atoms with Crippen molar-refractivity contribution in [2.75, 3.05) is 46.1 Å². The molecule has 0 fully saturated rings. The molecule has 0 heterocycles. The number of hydrogen-bond donors (Lipinski definition) is 5. The second kappa shape index (κ2) is 15.0. The molecule has 0 radical (unpaired) electrons. The molecule has 2 amide bonds. The Morgan fingerprint density at radius 2 is 1.16 bits per heavy atom. The number of nitrogens with one attached hydrogen (secondary N) is 2. The lowest BCUT2D eigenvalue weighted by molar-refractivity contribution is 0.139. The van der Waals surface area contributed by atoms with Crippen LogP contribution in [0, 0.1) is 17.8 Å². The summed E-state index contributed by atoms with van der Waals surface area (Å²) in [6.07, 6.45) is 1.14. The van der Waals surface area contributed by atoms with E-state index >= 15 is 0 Å². The van der Waals surface area contributed by atoms with Crippen molar-refractivity contribution in [3.63, 3.8) is 0 Å². The Labute approximate surface area is 230 Å². The zero-order valence-electron chi connectivity index (χ0n) is 24.7. The van der Waals surface area contributed by atoms with Crippen LogP contribution in [0.3, 0.4) is 0 Å². The van der Waals surface area contributed by atoms with Gasteiger partial charge < -0.3 is 35.4 Å². The van der Waals surface area contributed by atoms with Gasteiger partial charge in [-0.2, -0.15) is 0 Å². The van der Waals surface area contributed by atoms with Crippen LogP contribution in [0.1, 0.15) is 20.8 Å². The average molecular weight is 571 g/mol. The van der Waals surface area contributed by atoms with Crippen LogP contribution in [0.25, 0.3) is 0 Å². The first kappa shape index (κ1) is 34.1. The van der Waals surface area contributed by atoms with Crippen molar-refractivity contribution in [1.82, 2.24) is 10.6 Å². The van der Waals surface area contributed by atoms with Crippen molar-refractivity contribution in [1.29, 1.82) is 0 Å². The first-order chi connectivity index (χ1) is 17.6. The minimum absolute atomic E-state index is 0.0596. The summed E-state index contributed by atoms with van der Waals surface area (Å²) in [5, 5.41) is 33.8. The van der Waals surface area contributed by atoms with E-state index < -0.39 is 28.3 Å². The van der Waals surface area contributed by atoms with Crippen LogP contribution in [0.2, 0.25) is 39.3 Å². The maximum Gasteiger partial charge on any atom is 0.407 e. The molecule has 3 unspecified atom stereocenters. The summed E-state index contributed by atoms with van der Waals surface area (Å²) in [5.41, 5.74) is 4.13. The summed E-state index contributed by atoms with van der Waals surface area (Å²) in [6, 6.07) is 0. The van der Waals surface area contributed by atoms with Gasteiger partial charge in [0, 0.05) is 30.8 Å². The first-order valence-corrected chi connectivity index (χ1v) is 20.3. The predicted molar refractivity (Wildman–Crippen MR) is 156 cm³/mol. The quantitative estimate of drug-likeness (QED) is 0.189. The van der Waals surface area contributed by atoms with E-state index in [9.17, 15) is 9.59 Å². The zero-order chi connectivity index (χ0) is 29.3. The monoisotopic (exact) mass is 570 g/mol. The molecule has 0 bridgehead atoms. The lowest BCUT2D eigenvalue weighted by Crippen LogP contribution is -2.28. The molecule has 3 atom stereocenters. The molecule has 0 saturated heterocycles. The van der Waals surface area contributed by atoms with Gasteiger partial charge in [0.05, 0.1) is 36.0 Å². The summed E-state index contributed by atoms with van der Waals surface area (Å²) in [6.45, 7) is 21.8. The maximum absolute atomic E-state index is 11.1. The van der Waals surface area contributed by atoms with E-state index in [0.717, 1.165) is 0 Å². The fourth-order valence-corrected chi connectivity index (χ4v) is 9.91. The predicted octanol–water partition coefficient (Wildman–Crippen LogP) is 3.61. The van der Waals surface area contributed by atoms with Gasteiger partial charge in [-0.15, -0.1) is 0 Å². The topological polar surface area (TPSA) is 137 Å². The normalized spacial score (nSPS) is 21.3. The molecule has 0 aromatic carbocycles. The van der Waals surface area contributed by atoms with Gasteiger partial charge in [-0.1, -0.05) is 72.5 Å². The van der Waals surface area contributed by atoms with Crippen molar-refractivity contribution < 1.29 is 34.4 Å². The van der Waals surface area contributed by atoms with Gasteiger partial charge in [-0.25, -0.2) is 9.59 Å². The SMILES string of the molecule is CC1=C([Si](C)(C)C)C1CO.CC1=C([Si](C)(C)C)C1COC(=O)NCCO.CC1=CC1COC(=O)NCCO. The van der Waals surface area contributed by atoms with Gasteiger partial charge >= 0.3 is 12.2 Å². The molecule has 3 aliphatic rings. The van der Waals surface area contributed by atoms with Crippen LogP contribution in [0.15, 0.2) is 33.2 Å². The third-order valence-electron chi connectivity index (χ3n) is 6.70. The molecule has 218 valence electrons. The highest BCUT2D eigenvalue weighted by Crippen LogP contribution is 2.45. The minimum atomic E-state index is -1.22. The number of carbonyl (C=O) groups excluding carboxylic acids is 2. The fraction of sp³-hybridized carbons (Fsp3) is 0.704. The number of ether oxygens (including phenoxy) is 2. The van der Waals surface area contributed by atoms with Crippen LogP contribution in [-0.2, 0) is 9.47 Å². The number of alkyl carbamates (subject to hydrolysis) is 2. The highest BCUT2D eigenvalue weighted by molar-refractivity contribution is 6.84. The summed E-state index contributed by atoms with van der Waals surface area (Å²) >= 11 is 0. The summed E-state index contributed by atoms with van der Waals surface area (Å²) in [4.78, 5) is 21.9. The van der Waals surface area contributed by atoms with Crippen LogP contribution in [0.4, 0.5) is 9.59 Å². The highest BCUT2D eigenvalue weighted by atomic mass is 28.3. The molecule has 3 aliphatic carbocycles. The molecular weight excluding hydrogens is 520 g/mol. The summed E-state index contributed by atoms with van der Waals surface area (Å²) in [7, 11) is -2.27. The molecular formula is C27H50N2O7Si2. The Morgan fingerprint density at radius 3 is 1.45 bits per heavy atom. The fourth-order valence-electron chi connectivity index (χ4n) is 4.64. The van der Waals surface area contributed by atoms with E-state index in [2.05, 4.69) is 63.8 Å². The van der Waals surface area contributed by atoms with Gasteiger partial charge in [0.25, 0.3) is 0 Å². The Balaban J connectivity index is 0.000000294. The Bertz CT molecular complexity index is 917. The minimum Gasteiger partial charge on any atom is -0.449 e. The van der Waals surface area contributed by atoms with Gasteiger partial charge in [0.2, 0.25) is 0 Å². The maximum atomic E-state index is 11.1. The van der Waals surface area contributed by atoms with Crippen LogP contribution < -0.4 is 10.6 Å². The standard InChI is InChI=1S/C11H21NO3Si.C8H13NO3.C8H16OSi/c1-8-9(10(8)16(2,3)4)7-15-11(14)12-5-6-13;1-6-4-7(6)5-12-8(11)9-2-3-10;1-6-7(5-9)8(6)10(2,3)4/h9,13H,5-7H2,1-4H3,(H,12,14);4,7,10H,2-3,5H2,1H3,(H,9,11);7,9H,5H2,1-4H3. The lowest BCUT2D eigenvalue weighted by atomic mass is 10.3. The second-order valence-electron chi connectivity index (χ2n) is 12.0. The number of carbonyl (C=O) groups is 2. The van der Waals surface area contributed by atoms with Gasteiger partial charge in [0.15, 0.2) is 0 Å². The van der Waals surface area contributed by atoms with Crippen molar-refractivity contribution in [3.05, 3.63) is 33.2 Å². The van der Waals surface area contributed by atoms with E-state index in [-0.39, 0.29) is 26.3 Å². The van der Waals surface area contributed by atoms with Crippen LogP contribution in [-0.4, -0.2) is 89.8 Å². The molecule has 11 heteroatoms. The number of aliphatic hydroxyl groups excluding tert-OH is 3. The van der Waals surface area contributed by atoms with E-state index in [1.807, 2.05) is 13.0 Å². The van der Waals surface area contributed by atoms with Gasteiger partial charge in [-0.05, 0) is 20.8 Å². The molecule has 0 saturated carbocycles. The number of hydrogen-bond acceptors (Lipinski definition) is 7. The van der Waals surface area contributed by atoms with E-state index in [0.29, 0.717) is 37.6 Å². The summed E-state index contributed by atoms with van der Waals surface area (Å²) in [5.74, 6) is 1.21. The third kappa shape index (κ3) is 11.9. The molecule has 9 nitrogen and oxygen atoms in total.